The first-order valence-corrected chi connectivity index (χ1v) is 7.28. The second-order valence-electron chi connectivity index (χ2n) is 5.70. The van der Waals surface area contributed by atoms with E-state index in [0.29, 0.717) is 25.7 Å². The Balaban J connectivity index is 1.95. The highest BCUT2D eigenvalue weighted by Gasteiger charge is 2.37. The zero-order chi connectivity index (χ0) is 13.8. The van der Waals surface area contributed by atoms with Crippen molar-refractivity contribution in [1.29, 1.82) is 0 Å². The fourth-order valence-electron chi connectivity index (χ4n) is 3.15. The minimum absolute atomic E-state index is 0.324. The lowest BCUT2D eigenvalue weighted by atomic mass is 9.83. The van der Waals surface area contributed by atoms with E-state index in [2.05, 4.69) is 0 Å². The van der Waals surface area contributed by atoms with Gasteiger partial charge in [-0.15, -0.1) is 0 Å². The standard InChI is InChI=1S/C15H20O4/c16-12(10-6-2-1-3-7-10)14(18)15(19)13(17)11-8-4-5-9-11/h10-11H,1-9H2. The number of ketones is 4. The molecule has 19 heavy (non-hydrogen) atoms. The van der Waals surface area contributed by atoms with E-state index in [-0.39, 0.29) is 11.8 Å². The van der Waals surface area contributed by atoms with Crippen molar-refractivity contribution in [2.75, 3.05) is 0 Å². The minimum atomic E-state index is -1.07. The van der Waals surface area contributed by atoms with E-state index in [9.17, 15) is 19.2 Å². The van der Waals surface area contributed by atoms with E-state index in [4.69, 9.17) is 0 Å². The first kappa shape index (κ1) is 14.1. The van der Waals surface area contributed by atoms with Crippen molar-refractivity contribution in [2.45, 2.75) is 57.8 Å². The zero-order valence-electron chi connectivity index (χ0n) is 11.2. The second kappa shape index (κ2) is 6.22. The molecular weight excluding hydrogens is 244 g/mol. The number of hydrogen-bond donors (Lipinski definition) is 0. The fourth-order valence-corrected chi connectivity index (χ4v) is 3.15. The Kier molecular flexibility index (Phi) is 4.61. The van der Waals surface area contributed by atoms with Crippen LogP contribution >= 0.6 is 0 Å². The molecule has 2 aliphatic rings. The van der Waals surface area contributed by atoms with E-state index >= 15 is 0 Å². The number of hydrogen-bond acceptors (Lipinski definition) is 4. The van der Waals surface area contributed by atoms with Gasteiger partial charge in [0, 0.05) is 11.8 Å². The molecule has 0 aliphatic heterocycles. The molecule has 4 nitrogen and oxygen atoms in total. The number of carbonyl (C=O) groups excluding carboxylic acids is 4. The molecule has 0 saturated heterocycles. The van der Waals surface area contributed by atoms with Crippen LogP contribution in [0.2, 0.25) is 0 Å². The average Bonchev–Trinajstić information content (AvgIpc) is 2.99. The van der Waals surface area contributed by atoms with Crippen LogP contribution in [0.1, 0.15) is 57.8 Å². The topological polar surface area (TPSA) is 68.3 Å². The molecule has 0 unspecified atom stereocenters. The molecule has 104 valence electrons. The van der Waals surface area contributed by atoms with Crippen LogP contribution in [0.5, 0.6) is 0 Å². The van der Waals surface area contributed by atoms with Gasteiger partial charge in [-0.3, -0.25) is 19.2 Å². The maximum Gasteiger partial charge on any atom is 0.272 e. The summed E-state index contributed by atoms with van der Waals surface area (Å²) in [6.07, 6.45) is 7.48. The van der Waals surface area contributed by atoms with E-state index in [1.54, 1.807) is 0 Å². The lowest BCUT2D eigenvalue weighted by Gasteiger charge is -2.19. The predicted octanol–water partition coefficient (Wildman–Crippen LogP) is 2.03. The molecule has 4 heteroatoms. The van der Waals surface area contributed by atoms with Gasteiger partial charge in [-0.2, -0.15) is 0 Å². The van der Waals surface area contributed by atoms with Gasteiger partial charge in [0.15, 0.2) is 0 Å². The van der Waals surface area contributed by atoms with Crippen molar-refractivity contribution in [3.8, 4) is 0 Å². The third kappa shape index (κ3) is 3.17. The Morgan fingerprint density at radius 2 is 0.842 bits per heavy atom. The van der Waals surface area contributed by atoms with Gasteiger partial charge in [0.25, 0.3) is 11.6 Å². The molecule has 0 amide bonds. The van der Waals surface area contributed by atoms with Crippen LogP contribution < -0.4 is 0 Å². The predicted molar refractivity (Wildman–Crippen MR) is 68.6 cm³/mol. The van der Waals surface area contributed by atoms with Gasteiger partial charge in [0.1, 0.15) is 0 Å². The third-order valence-electron chi connectivity index (χ3n) is 4.36. The van der Waals surface area contributed by atoms with Crippen LogP contribution in [0.25, 0.3) is 0 Å². The number of rotatable bonds is 5. The smallest absolute Gasteiger partial charge is 0.272 e. The molecule has 0 aromatic heterocycles. The van der Waals surface area contributed by atoms with E-state index in [1.165, 1.54) is 0 Å². The second-order valence-corrected chi connectivity index (χ2v) is 5.70. The highest BCUT2D eigenvalue weighted by molar-refractivity contribution is 6.78. The molecule has 0 bridgehead atoms. The molecule has 2 fully saturated rings. The van der Waals surface area contributed by atoms with Gasteiger partial charge in [-0.25, -0.2) is 0 Å². The summed E-state index contributed by atoms with van der Waals surface area (Å²) in [5.41, 5.74) is 0. The molecule has 0 spiro atoms. The number of Topliss-reactive ketones (excluding diaryl/α,β-unsaturated/α-hetero) is 4. The van der Waals surface area contributed by atoms with Crippen LogP contribution in [0, 0.1) is 11.8 Å². The van der Waals surface area contributed by atoms with Crippen LogP contribution in [-0.4, -0.2) is 23.1 Å². The van der Waals surface area contributed by atoms with Crippen LogP contribution in [0.4, 0.5) is 0 Å². The summed E-state index contributed by atoms with van der Waals surface area (Å²) in [5.74, 6) is -4.05. The van der Waals surface area contributed by atoms with Gasteiger partial charge in [-0.1, -0.05) is 32.1 Å². The van der Waals surface area contributed by atoms with Gasteiger partial charge < -0.3 is 0 Å². The molecule has 0 aromatic rings. The van der Waals surface area contributed by atoms with Crippen molar-refractivity contribution in [3.05, 3.63) is 0 Å². The normalized spacial score (nSPS) is 21.3. The highest BCUT2D eigenvalue weighted by Crippen LogP contribution is 2.27. The number of carbonyl (C=O) groups is 4. The average molecular weight is 264 g/mol. The van der Waals surface area contributed by atoms with Gasteiger partial charge >= 0.3 is 0 Å². The molecule has 0 atom stereocenters. The zero-order valence-corrected chi connectivity index (χ0v) is 11.2. The van der Waals surface area contributed by atoms with E-state index < -0.39 is 23.1 Å². The first-order chi connectivity index (χ1) is 9.11. The van der Waals surface area contributed by atoms with Crippen LogP contribution in [0.3, 0.4) is 0 Å². The van der Waals surface area contributed by atoms with Gasteiger partial charge in [0.2, 0.25) is 11.6 Å². The van der Waals surface area contributed by atoms with Crippen molar-refractivity contribution in [1.82, 2.24) is 0 Å². The summed E-state index contributed by atoms with van der Waals surface area (Å²) in [6.45, 7) is 0. The van der Waals surface area contributed by atoms with Crippen LogP contribution in [0.15, 0.2) is 0 Å². The Morgan fingerprint density at radius 1 is 0.526 bits per heavy atom. The van der Waals surface area contributed by atoms with Gasteiger partial charge in [-0.05, 0) is 25.7 Å². The third-order valence-corrected chi connectivity index (χ3v) is 4.36. The van der Waals surface area contributed by atoms with E-state index in [0.717, 1.165) is 32.1 Å². The SMILES string of the molecule is O=C(C(=O)C(=O)C1CCCC1)C(=O)C1CCCCC1. The molecule has 2 saturated carbocycles. The highest BCUT2D eigenvalue weighted by atomic mass is 16.2. The Hall–Kier alpha value is -1.32. The molecule has 2 rings (SSSR count). The van der Waals surface area contributed by atoms with Gasteiger partial charge in [0.05, 0.1) is 0 Å². The monoisotopic (exact) mass is 264 g/mol. The Morgan fingerprint density at radius 3 is 1.21 bits per heavy atom. The molecule has 0 aromatic carbocycles. The maximum atomic E-state index is 11.9. The quantitative estimate of drug-likeness (QED) is 0.563. The molecule has 2 aliphatic carbocycles. The summed E-state index contributed by atoms with van der Waals surface area (Å²) < 4.78 is 0. The Bertz CT molecular complexity index is 398. The summed E-state index contributed by atoms with van der Waals surface area (Å²) in [7, 11) is 0. The van der Waals surface area contributed by atoms with Crippen molar-refractivity contribution >= 4 is 23.1 Å². The molecule has 0 radical (unpaired) electrons. The minimum Gasteiger partial charge on any atom is -0.290 e. The summed E-state index contributed by atoms with van der Waals surface area (Å²) >= 11 is 0. The molecule has 0 N–H and O–H groups in total. The fraction of sp³-hybridized carbons (Fsp3) is 0.733. The maximum absolute atomic E-state index is 11.9. The summed E-state index contributed by atoms with van der Waals surface area (Å²) in [6, 6.07) is 0. The Labute approximate surface area is 112 Å². The lowest BCUT2D eigenvalue weighted by Crippen LogP contribution is -2.37. The van der Waals surface area contributed by atoms with Crippen molar-refractivity contribution in [3.63, 3.8) is 0 Å². The van der Waals surface area contributed by atoms with Crippen molar-refractivity contribution < 1.29 is 19.2 Å². The molecule has 0 heterocycles. The largest absolute Gasteiger partial charge is 0.290 e. The summed E-state index contributed by atoms with van der Waals surface area (Å²) in [5, 5.41) is 0. The summed E-state index contributed by atoms with van der Waals surface area (Å²) in [4.78, 5) is 47.4. The lowest BCUT2D eigenvalue weighted by molar-refractivity contribution is -0.150. The van der Waals surface area contributed by atoms with Crippen LogP contribution in [-0.2, 0) is 19.2 Å². The van der Waals surface area contributed by atoms with E-state index in [1.807, 2.05) is 0 Å². The first-order valence-electron chi connectivity index (χ1n) is 7.28. The van der Waals surface area contributed by atoms with Crippen molar-refractivity contribution in [2.24, 2.45) is 11.8 Å². The molecular formula is C15H20O4.